The molecule has 0 spiro atoms. The van der Waals surface area contributed by atoms with Crippen molar-refractivity contribution >= 4 is 17.1 Å². The van der Waals surface area contributed by atoms with Crippen LogP contribution in [0, 0.1) is 0 Å². The maximum Gasteiger partial charge on any atom is 0.295 e. The third-order valence-corrected chi connectivity index (χ3v) is 2.41. The van der Waals surface area contributed by atoms with Gasteiger partial charge in [-0.15, -0.1) is 0 Å². The average Bonchev–Trinajstić information content (AvgIpc) is 2.71. The molecule has 2 N–H and O–H groups in total. The standard InChI is InChI=1S/C12H16N2O2/c15-9-5-1-4-8-13-12-14-10-6-2-3-7-11(10)16-12/h2-3,6-7,15H,1,4-5,8-9H2,(H,13,14). The lowest BCUT2D eigenvalue weighted by Crippen LogP contribution is -2.01. The molecule has 0 radical (unpaired) electrons. The van der Waals surface area contributed by atoms with Crippen molar-refractivity contribution in [2.45, 2.75) is 19.3 Å². The fourth-order valence-corrected chi connectivity index (χ4v) is 1.56. The van der Waals surface area contributed by atoms with Crippen molar-refractivity contribution in [3.05, 3.63) is 24.3 Å². The molecule has 0 aliphatic rings. The molecule has 0 bridgehead atoms. The summed E-state index contributed by atoms with van der Waals surface area (Å²) in [6.45, 7) is 1.09. The second kappa shape index (κ2) is 5.51. The van der Waals surface area contributed by atoms with Gasteiger partial charge in [0.1, 0.15) is 5.52 Å². The van der Waals surface area contributed by atoms with Gasteiger partial charge in [0.25, 0.3) is 6.01 Å². The highest BCUT2D eigenvalue weighted by Gasteiger charge is 2.02. The molecule has 16 heavy (non-hydrogen) atoms. The van der Waals surface area contributed by atoms with E-state index in [9.17, 15) is 0 Å². The molecular formula is C12H16N2O2. The Balaban J connectivity index is 1.85. The Hall–Kier alpha value is -1.55. The number of anilines is 1. The minimum Gasteiger partial charge on any atom is -0.424 e. The predicted molar refractivity (Wildman–Crippen MR) is 63.4 cm³/mol. The number of fused-ring (bicyclic) bond motifs is 1. The first-order chi connectivity index (χ1) is 7.90. The molecule has 1 heterocycles. The van der Waals surface area contributed by atoms with E-state index in [0.717, 1.165) is 36.9 Å². The molecule has 1 aromatic carbocycles. The number of para-hydroxylation sites is 2. The van der Waals surface area contributed by atoms with Crippen LogP contribution >= 0.6 is 0 Å². The van der Waals surface area contributed by atoms with Crippen LogP contribution in [0.25, 0.3) is 11.1 Å². The SMILES string of the molecule is OCCCCCNc1nc2ccccc2o1. The van der Waals surface area contributed by atoms with Crippen LogP contribution < -0.4 is 5.32 Å². The molecular weight excluding hydrogens is 204 g/mol. The summed E-state index contributed by atoms with van der Waals surface area (Å²) in [5, 5.41) is 11.8. The molecule has 0 saturated heterocycles. The number of nitrogens with zero attached hydrogens (tertiary/aromatic N) is 1. The molecule has 2 aromatic rings. The van der Waals surface area contributed by atoms with Crippen LogP contribution in [-0.4, -0.2) is 23.2 Å². The highest BCUT2D eigenvalue weighted by molar-refractivity contribution is 5.74. The van der Waals surface area contributed by atoms with E-state index in [2.05, 4.69) is 10.3 Å². The molecule has 0 unspecified atom stereocenters. The van der Waals surface area contributed by atoms with Gasteiger partial charge in [0, 0.05) is 13.2 Å². The smallest absolute Gasteiger partial charge is 0.295 e. The minimum absolute atomic E-state index is 0.267. The number of aliphatic hydroxyl groups is 1. The second-order valence-corrected chi connectivity index (χ2v) is 3.70. The maximum atomic E-state index is 8.63. The van der Waals surface area contributed by atoms with E-state index in [1.165, 1.54) is 0 Å². The van der Waals surface area contributed by atoms with Crippen molar-refractivity contribution in [3.8, 4) is 0 Å². The monoisotopic (exact) mass is 220 g/mol. The van der Waals surface area contributed by atoms with Gasteiger partial charge < -0.3 is 14.8 Å². The number of nitrogens with one attached hydrogen (secondary N) is 1. The van der Waals surface area contributed by atoms with Gasteiger partial charge in [-0.05, 0) is 31.4 Å². The second-order valence-electron chi connectivity index (χ2n) is 3.70. The van der Waals surface area contributed by atoms with E-state index in [1.54, 1.807) is 0 Å². The number of hydrogen-bond acceptors (Lipinski definition) is 4. The predicted octanol–water partition coefficient (Wildman–Crippen LogP) is 2.40. The van der Waals surface area contributed by atoms with Crippen LogP contribution in [0.5, 0.6) is 0 Å². The Morgan fingerprint density at radius 1 is 1.19 bits per heavy atom. The zero-order valence-electron chi connectivity index (χ0n) is 9.15. The Morgan fingerprint density at radius 3 is 2.88 bits per heavy atom. The number of benzene rings is 1. The molecule has 0 fully saturated rings. The maximum absolute atomic E-state index is 8.63. The van der Waals surface area contributed by atoms with Crippen LogP contribution in [0.15, 0.2) is 28.7 Å². The first-order valence-electron chi connectivity index (χ1n) is 5.60. The van der Waals surface area contributed by atoms with Crippen molar-refractivity contribution in [1.29, 1.82) is 0 Å². The molecule has 0 saturated carbocycles. The van der Waals surface area contributed by atoms with E-state index >= 15 is 0 Å². The van der Waals surface area contributed by atoms with Gasteiger partial charge in [-0.1, -0.05) is 12.1 Å². The fraction of sp³-hybridized carbons (Fsp3) is 0.417. The Morgan fingerprint density at radius 2 is 2.06 bits per heavy atom. The van der Waals surface area contributed by atoms with Gasteiger partial charge in [-0.2, -0.15) is 4.98 Å². The number of rotatable bonds is 6. The molecule has 0 atom stereocenters. The molecule has 2 rings (SSSR count). The van der Waals surface area contributed by atoms with Crippen molar-refractivity contribution in [2.75, 3.05) is 18.5 Å². The summed E-state index contributed by atoms with van der Waals surface area (Å²) in [6, 6.07) is 8.27. The molecule has 0 amide bonds. The van der Waals surface area contributed by atoms with Gasteiger partial charge in [0.15, 0.2) is 5.58 Å². The summed E-state index contributed by atoms with van der Waals surface area (Å²) < 4.78 is 5.50. The highest BCUT2D eigenvalue weighted by atomic mass is 16.4. The molecule has 4 nitrogen and oxygen atoms in total. The van der Waals surface area contributed by atoms with E-state index in [1.807, 2.05) is 24.3 Å². The van der Waals surface area contributed by atoms with Crippen molar-refractivity contribution < 1.29 is 9.52 Å². The Bertz CT molecular complexity index is 406. The zero-order chi connectivity index (χ0) is 11.2. The minimum atomic E-state index is 0.267. The molecule has 0 aliphatic carbocycles. The summed E-state index contributed by atoms with van der Waals surface area (Å²) in [5.41, 5.74) is 1.68. The lowest BCUT2D eigenvalue weighted by atomic mass is 10.2. The normalized spacial score (nSPS) is 10.8. The quantitative estimate of drug-likeness (QED) is 0.734. The van der Waals surface area contributed by atoms with Crippen molar-refractivity contribution in [1.82, 2.24) is 4.98 Å². The average molecular weight is 220 g/mol. The van der Waals surface area contributed by atoms with Crippen LogP contribution in [0.2, 0.25) is 0 Å². The van der Waals surface area contributed by atoms with E-state index in [0.29, 0.717) is 6.01 Å². The third-order valence-electron chi connectivity index (χ3n) is 2.41. The fourth-order valence-electron chi connectivity index (χ4n) is 1.56. The first kappa shape index (κ1) is 11.0. The molecule has 4 heteroatoms. The third kappa shape index (κ3) is 2.73. The summed E-state index contributed by atoms with van der Waals surface area (Å²) in [5.74, 6) is 0. The number of unbranched alkanes of at least 4 members (excludes halogenated alkanes) is 2. The van der Waals surface area contributed by atoms with Gasteiger partial charge in [0.05, 0.1) is 0 Å². The summed E-state index contributed by atoms with van der Waals surface area (Å²) in [7, 11) is 0. The first-order valence-corrected chi connectivity index (χ1v) is 5.60. The van der Waals surface area contributed by atoms with Crippen molar-refractivity contribution in [3.63, 3.8) is 0 Å². The van der Waals surface area contributed by atoms with Crippen LogP contribution in [-0.2, 0) is 0 Å². The van der Waals surface area contributed by atoms with E-state index in [-0.39, 0.29) is 6.61 Å². The molecule has 1 aromatic heterocycles. The van der Waals surface area contributed by atoms with Crippen LogP contribution in [0.4, 0.5) is 6.01 Å². The zero-order valence-corrected chi connectivity index (χ0v) is 9.15. The number of aromatic nitrogens is 1. The van der Waals surface area contributed by atoms with Crippen LogP contribution in [0.1, 0.15) is 19.3 Å². The van der Waals surface area contributed by atoms with Crippen molar-refractivity contribution in [2.24, 2.45) is 0 Å². The van der Waals surface area contributed by atoms with E-state index < -0.39 is 0 Å². The van der Waals surface area contributed by atoms with Gasteiger partial charge >= 0.3 is 0 Å². The topological polar surface area (TPSA) is 58.3 Å². The van der Waals surface area contributed by atoms with Crippen LogP contribution in [0.3, 0.4) is 0 Å². The molecule has 86 valence electrons. The highest BCUT2D eigenvalue weighted by Crippen LogP contribution is 2.17. The summed E-state index contributed by atoms with van der Waals surface area (Å²) in [4.78, 5) is 4.30. The lowest BCUT2D eigenvalue weighted by molar-refractivity contribution is 0.283. The van der Waals surface area contributed by atoms with Gasteiger partial charge in [-0.25, -0.2) is 0 Å². The van der Waals surface area contributed by atoms with Gasteiger partial charge in [-0.3, -0.25) is 0 Å². The number of hydrogen-bond donors (Lipinski definition) is 2. The lowest BCUT2D eigenvalue weighted by Gasteiger charge is -1.99. The van der Waals surface area contributed by atoms with E-state index in [4.69, 9.17) is 9.52 Å². The largest absolute Gasteiger partial charge is 0.424 e. The van der Waals surface area contributed by atoms with Gasteiger partial charge in [0.2, 0.25) is 0 Å². The summed E-state index contributed by atoms with van der Waals surface area (Å²) >= 11 is 0. The number of aliphatic hydroxyl groups excluding tert-OH is 1. The number of oxazole rings is 1. The Kier molecular flexibility index (Phi) is 3.77. The molecule has 0 aliphatic heterocycles. The summed E-state index contributed by atoms with van der Waals surface area (Å²) in [6.07, 6.45) is 2.89. The Labute approximate surface area is 94.3 Å².